The second kappa shape index (κ2) is 6.67. The lowest BCUT2D eigenvalue weighted by Gasteiger charge is -2.27. The summed E-state index contributed by atoms with van der Waals surface area (Å²) in [6.07, 6.45) is 0. The van der Waals surface area contributed by atoms with Gasteiger partial charge in [0.25, 0.3) is 0 Å². The van der Waals surface area contributed by atoms with Gasteiger partial charge in [0.1, 0.15) is 0 Å². The largest absolute Gasteiger partial charge is 0.378 e. The number of ether oxygens (including phenoxy) is 1. The van der Waals surface area contributed by atoms with Crippen molar-refractivity contribution in [1.29, 1.82) is 0 Å². The number of nitrogens with zero attached hydrogens (tertiary/aromatic N) is 6. The van der Waals surface area contributed by atoms with E-state index in [1.807, 2.05) is 26.0 Å². The van der Waals surface area contributed by atoms with Gasteiger partial charge in [-0.05, 0) is 14.1 Å². The number of nitrogen functional groups attached to an aromatic ring is 1. The Bertz CT molecular complexity index is 434. The molecule has 0 spiro atoms. The molecule has 20 heavy (non-hydrogen) atoms. The normalized spacial score (nSPS) is 15.7. The van der Waals surface area contributed by atoms with Gasteiger partial charge in [-0.3, -0.25) is 0 Å². The lowest BCUT2D eigenvalue weighted by atomic mass is 10.4. The van der Waals surface area contributed by atoms with Crippen molar-refractivity contribution in [2.45, 2.75) is 0 Å². The van der Waals surface area contributed by atoms with Crippen molar-refractivity contribution in [2.75, 3.05) is 76.1 Å². The van der Waals surface area contributed by atoms with Crippen LogP contribution in [0.1, 0.15) is 0 Å². The Labute approximate surface area is 119 Å². The van der Waals surface area contributed by atoms with Crippen LogP contribution >= 0.6 is 0 Å². The molecule has 0 atom stereocenters. The quantitative estimate of drug-likeness (QED) is 0.757. The summed E-state index contributed by atoms with van der Waals surface area (Å²) in [7, 11) is 6.03. The van der Waals surface area contributed by atoms with E-state index in [-0.39, 0.29) is 5.95 Å². The third kappa shape index (κ3) is 3.91. The van der Waals surface area contributed by atoms with E-state index < -0.39 is 0 Å². The fourth-order valence-electron chi connectivity index (χ4n) is 1.89. The summed E-state index contributed by atoms with van der Waals surface area (Å²) < 4.78 is 5.33. The second-order valence-electron chi connectivity index (χ2n) is 5.12. The molecule has 2 N–H and O–H groups in total. The average molecular weight is 281 g/mol. The molecule has 1 aromatic heterocycles. The molecule has 1 aromatic rings. The van der Waals surface area contributed by atoms with E-state index in [0.29, 0.717) is 25.1 Å². The van der Waals surface area contributed by atoms with Crippen molar-refractivity contribution in [3.63, 3.8) is 0 Å². The first-order chi connectivity index (χ1) is 9.56. The Morgan fingerprint density at radius 1 is 1.10 bits per heavy atom. The summed E-state index contributed by atoms with van der Waals surface area (Å²) in [4.78, 5) is 19.1. The number of rotatable bonds is 5. The van der Waals surface area contributed by atoms with Crippen LogP contribution in [0.5, 0.6) is 0 Å². The van der Waals surface area contributed by atoms with Crippen molar-refractivity contribution < 1.29 is 4.74 Å². The van der Waals surface area contributed by atoms with E-state index in [4.69, 9.17) is 10.5 Å². The third-order valence-corrected chi connectivity index (χ3v) is 3.15. The standard InChI is InChI=1S/C12H23N7O/c1-17(2)4-5-18(3)11-14-10(13)15-12(16-11)19-6-8-20-9-7-19/h4-9H2,1-3H3,(H2,13,14,15,16). The predicted octanol–water partition coefficient (Wildman–Crippen LogP) is -0.712. The number of nitrogens with two attached hydrogens (primary N) is 1. The minimum Gasteiger partial charge on any atom is -0.378 e. The van der Waals surface area contributed by atoms with E-state index in [1.165, 1.54) is 0 Å². The van der Waals surface area contributed by atoms with Crippen molar-refractivity contribution in [2.24, 2.45) is 0 Å². The van der Waals surface area contributed by atoms with Gasteiger partial charge in [-0.15, -0.1) is 0 Å². The second-order valence-corrected chi connectivity index (χ2v) is 5.12. The average Bonchev–Trinajstić information content (AvgIpc) is 2.45. The summed E-state index contributed by atoms with van der Waals surface area (Å²) in [6.45, 7) is 4.71. The van der Waals surface area contributed by atoms with Crippen molar-refractivity contribution in [3.8, 4) is 0 Å². The first kappa shape index (κ1) is 14.7. The van der Waals surface area contributed by atoms with Crippen LogP contribution in [0.3, 0.4) is 0 Å². The molecule has 0 bridgehead atoms. The number of likely N-dealkylation sites (N-methyl/N-ethyl adjacent to an activating group) is 2. The lowest BCUT2D eigenvalue weighted by Crippen LogP contribution is -2.38. The molecule has 0 aromatic carbocycles. The number of morpholine rings is 1. The van der Waals surface area contributed by atoms with Gasteiger partial charge in [-0.2, -0.15) is 15.0 Å². The molecule has 0 amide bonds. The summed E-state index contributed by atoms with van der Waals surface area (Å²) in [5.74, 6) is 1.50. The van der Waals surface area contributed by atoms with Gasteiger partial charge in [0.15, 0.2) is 0 Å². The molecular formula is C12H23N7O. The molecule has 112 valence electrons. The maximum Gasteiger partial charge on any atom is 0.232 e. The van der Waals surface area contributed by atoms with Crippen LogP contribution in [0, 0.1) is 0 Å². The van der Waals surface area contributed by atoms with Crippen LogP contribution in [0.25, 0.3) is 0 Å². The highest BCUT2D eigenvalue weighted by atomic mass is 16.5. The number of aromatic nitrogens is 3. The van der Waals surface area contributed by atoms with E-state index in [9.17, 15) is 0 Å². The molecule has 1 aliphatic heterocycles. The van der Waals surface area contributed by atoms with Gasteiger partial charge in [0.2, 0.25) is 17.8 Å². The van der Waals surface area contributed by atoms with Crippen LogP contribution in [0.15, 0.2) is 0 Å². The highest BCUT2D eigenvalue weighted by Gasteiger charge is 2.17. The highest BCUT2D eigenvalue weighted by molar-refractivity contribution is 5.43. The molecule has 2 heterocycles. The zero-order valence-corrected chi connectivity index (χ0v) is 12.4. The van der Waals surface area contributed by atoms with Gasteiger partial charge in [-0.25, -0.2) is 0 Å². The molecule has 0 saturated carbocycles. The molecule has 1 fully saturated rings. The molecule has 0 radical (unpaired) electrons. The molecule has 8 nitrogen and oxygen atoms in total. The fraction of sp³-hybridized carbons (Fsp3) is 0.750. The van der Waals surface area contributed by atoms with Crippen molar-refractivity contribution in [1.82, 2.24) is 19.9 Å². The smallest absolute Gasteiger partial charge is 0.232 e. The predicted molar refractivity (Wildman–Crippen MR) is 79.1 cm³/mol. The SMILES string of the molecule is CN(C)CCN(C)c1nc(N)nc(N2CCOCC2)n1. The molecule has 1 saturated heterocycles. The molecule has 8 heteroatoms. The zero-order chi connectivity index (χ0) is 14.5. The van der Waals surface area contributed by atoms with Crippen LogP contribution < -0.4 is 15.5 Å². The summed E-state index contributed by atoms with van der Waals surface area (Å²) in [5, 5.41) is 0. The van der Waals surface area contributed by atoms with E-state index in [2.05, 4.69) is 24.8 Å². The highest BCUT2D eigenvalue weighted by Crippen LogP contribution is 2.15. The maximum atomic E-state index is 5.80. The van der Waals surface area contributed by atoms with E-state index >= 15 is 0 Å². The van der Waals surface area contributed by atoms with Crippen LogP contribution in [-0.4, -0.2) is 80.4 Å². The van der Waals surface area contributed by atoms with Crippen LogP contribution in [-0.2, 0) is 4.74 Å². The zero-order valence-electron chi connectivity index (χ0n) is 12.4. The van der Waals surface area contributed by atoms with Crippen LogP contribution in [0.4, 0.5) is 17.8 Å². The molecule has 0 aliphatic carbocycles. The summed E-state index contributed by atoms with van der Waals surface area (Å²) in [6, 6.07) is 0. The monoisotopic (exact) mass is 281 g/mol. The molecule has 0 unspecified atom stereocenters. The van der Waals surface area contributed by atoms with Crippen molar-refractivity contribution >= 4 is 17.8 Å². The Morgan fingerprint density at radius 3 is 2.45 bits per heavy atom. The minimum absolute atomic E-state index is 0.258. The summed E-state index contributed by atoms with van der Waals surface area (Å²) >= 11 is 0. The van der Waals surface area contributed by atoms with Gasteiger partial charge in [0.05, 0.1) is 13.2 Å². The van der Waals surface area contributed by atoms with Gasteiger partial charge in [-0.1, -0.05) is 0 Å². The van der Waals surface area contributed by atoms with Crippen molar-refractivity contribution in [3.05, 3.63) is 0 Å². The number of hydrogen-bond donors (Lipinski definition) is 1. The first-order valence-corrected chi connectivity index (χ1v) is 6.76. The Hall–Kier alpha value is -1.67. The topological polar surface area (TPSA) is 83.6 Å². The fourth-order valence-corrected chi connectivity index (χ4v) is 1.89. The Morgan fingerprint density at radius 2 is 1.80 bits per heavy atom. The summed E-state index contributed by atoms with van der Waals surface area (Å²) in [5.41, 5.74) is 5.80. The van der Waals surface area contributed by atoms with E-state index in [0.717, 1.165) is 26.2 Å². The Balaban J connectivity index is 2.10. The van der Waals surface area contributed by atoms with Gasteiger partial charge in [0, 0.05) is 33.2 Å². The maximum absolute atomic E-state index is 5.80. The minimum atomic E-state index is 0.258. The van der Waals surface area contributed by atoms with Gasteiger partial charge < -0.3 is 25.2 Å². The number of anilines is 3. The Kier molecular flexibility index (Phi) is 4.91. The molecule has 1 aliphatic rings. The lowest BCUT2D eigenvalue weighted by molar-refractivity contribution is 0.122. The van der Waals surface area contributed by atoms with E-state index in [1.54, 1.807) is 0 Å². The molecular weight excluding hydrogens is 258 g/mol. The third-order valence-electron chi connectivity index (χ3n) is 3.15. The molecule has 2 rings (SSSR count). The first-order valence-electron chi connectivity index (χ1n) is 6.76. The van der Waals surface area contributed by atoms with Crippen LogP contribution in [0.2, 0.25) is 0 Å². The van der Waals surface area contributed by atoms with Gasteiger partial charge >= 0.3 is 0 Å². The number of hydrogen-bond acceptors (Lipinski definition) is 8.